The van der Waals surface area contributed by atoms with E-state index >= 15 is 0 Å². The number of carbonyl (C=O) groups excluding carboxylic acids is 2. The summed E-state index contributed by atoms with van der Waals surface area (Å²) >= 11 is 0. The Kier molecular flexibility index (Phi) is 4.65. The summed E-state index contributed by atoms with van der Waals surface area (Å²) in [4.78, 5) is 32.7. The highest BCUT2D eigenvalue weighted by Crippen LogP contribution is 2.27. The third kappa shape index (κ3) is 3.25. The van der Waals surface area contributed by atoms with Gasteiger partial charge in [-0.05, 0) is 38.2 Å². The minimum absolute atomic E-state index is 0.0384. The molecule has 25 heavy (non-hydrogen) atoms. The van der Waals surface area contributed by atoms with E-state index in [1.54, 1.807) is 0 Å². The van der Waals surface area contributed by atoms with Crippen molar-refractivity contribution in [2.75, 3.05) is 39.3 Å². The van der Waals surface area contributed by atoms with Crippen LogP contribution in [-0.2, 0) is 11.2 Å². The normalized spacial score (nSPS) is 24.6. The Morgan fingerprint density at radius 2 is 2.00 bits per heavy atom. The molecule has 0 bridgehead atoms. The van der Waals surface area contributed by atoms with Gasteiger partial charge in [-0.3, -0.25) is 14.5 Å². The van der Waals surface area contributed by atoms with Crippen LogP contribution >= 0.6 is 0 Å². The first-order chi connectivity index (χ1) is 12.1. The second-order valence-corrected chi connectivity index (χ2v) is 7.48. The van der Waals surface area contributed by atoms with Gasteiger partial charge in [-0.1, -0.05) is 0 Å². The van der Waals surface area contributed by atoms with Gasteiger partial charge in [0.25, 0.3) is 5.91 Å². The first kappa shape index (κ1) is 16.8. The number of amides is 1. The van der Waals surface area contributed by atoms with Gasteiger partial charge >= 0.3 is 0 Å². The number of Topliss-reactive ketones (excluding diaryl/α,β-unsaturated/α-hetero) is 1. The number of aromatic nitrogens is 1. The maximum Gasteiger partial charge on any atom is 0.270 e. The van der Waals surface area contributed by atoms with Gasteiger partial charge in [0.05, 0.1) is 6.10 Å². The Labute approximate surface area is 148 Å². The number of aryl methyl sites for hydroxylation is 1. The van der Waals surface area contributed by atoms with Crippen LogP contribution in [0, 0.1) is 6.92 Å². The van der Waals surface area contributed by atoms with E-state index in [0.29, 0.717) is 18.2 Å². The number of carbonyl (C=O) groups is 2. The Morgan fingerprint density at radius 1 is 1.20 bits per heavy atom. The third-order valence-electron chi connectivity index (χ3n) is 5.80. The topological polar surface area (TPSA) is 65.6 Å². The fourth-order valence-corrected chi connectivity index (χ4v) is 4.36. The highest BCUT2D eigenvalue weighted by Gasteiger charge is 2.30. The van der Waals surface area contributed by atoms with Crippen molar-refractivity contribution in [3.8, 4) is 0 Å². The van der Waals surface area contributed by atoms with Crippen LogP contribution in [0.3, 0.4) is 0 Å². The second-order valence-electron chi connectivity index (χ2n) is 7.48. The molecule has 6 nitrogen and oxygen atoms in total. The number of ether oxygens (including phenoxy) is 1. The van der Waals surface area contributed by atoms with Gasteiger partial charge in [-0.15, -0.1) is 0 Å². The van der Waals surface area contributed by atoms with Crippen LogP contribution in [0.2, 0.25) is 0 Å². The maximum atomic E-state index is 12.9. The van der Waals surface area contributed by atoms with Crippen molar-refractivity contribution in [3.63, 3.8) is 0 Å². The molecule has 3 aliphatic rings. The number of rotatable bonds is 3. The van der Waals surface area contributed by atoms with E-state index in [2.05, 4.69) is 9.88 Å². The molecular weight excluding hydrogens is 318 g/mol. The smallest absolute Gasteiger partial charge is 0.270 e. The molecule has 6 heteroatoms. The summed E-state index contributed by atoms with van der Waals surface area (Å²) in [6.07, 6.45) is 5.02. The lowest BCUT2D eigenvalue weighted by Gasteiger charge is -2.35. The number of piperazine rings is 1. The van der Waals surface area contributed by atoms with Crippen LogP contribution in [-0.4, -0.2) is 71.9 Å². The van der Waals surface area contributed by atoms with Crippen LogP contribution in [0.15, 0.2) is 0 Å². The number of nitrogens with zero attached hydrogens (tertiary/aromatic N) is 2. The molecule has 0 aromatic carbocycles. The lowest BCUT2D eigenvalue weighted by molar-refractivity contribution is 0.0429. The standard InChI is InChI=1S/C19H27N3O3/c1-13-17-15(5-2-6-16(17)23)20-18(13)19(24)22-9-7-21(8-10-22)12-14-4-3-11-25-14/h14,20H,2-12H2,1H3. The summed E-state index contributed by atoms with van der Waals surface area (Å²) in [6, 6.07) is 0. The summed E-state index contributed by atoms with van der Waals surface area (Å²) in [5.41, 5.74) is 3.18. The van der Waals surface area contributed by atoms with E-state index in [1.165, 1.54) is 6.42 Å². The molecule has 1 amide bonds. The molecule has 1 aromatic heterocycles. The zero-order valence-electron chi connectivity index (χ0n) is 15.0. The molecule has 4 rings (SSSR count). The lowest BCUT2D eigenvalue weighted by atomic mass is 9.93. The quantitative estimate of drug-likeness (QED) is 0.907. The van der Waals surface area contributed by atoms with Crippen molar-refractivity contribution in [1.82, 2.24) is 14.8 Å². The van der Waals surface area contributed by atoms with Crippen molar-refractivity contribution in [2.24, 2.45) is 0 Å². The van der Waals surface area contributed by atoms with Crippen LogP contribution in [0.25, 0.3) is 0 Å². The number of hydrogen-bond donors (Lipinski definition) is 1. The fourth-order valence-electron chi connectivity index (χ4n) is 4.36. The molecule has 1 atom stereocenters. The minimum atomic E-state index is 0.0384. The molecule has 1 aliphatic carbocycles. The zero-order chi connectivity index (χ0) is 17.4. The Hall–Kier alpha value is -1.66. The number of H-pyrrole nitrogens is 1. The van der Waals surface area contributed by atoms with Crippen LogP contribution in [0.4, 0.5) is 0 Å². The molecule has 0 radical (unpaired) electrons. The molecule has 2 fully saturated rings. The molecule has 1 aromatic rings. The minimum Gasteiger partial charge on any atom is -0.377 e. The monoisotopic (exact) mass is 345 g/mol. The molecule has 2 aliphatic heterocycles. The van der Waals surface area contributed by atoms with Gasteiger partial charge in [-0.2, -0.15) is 0 Å². The van der Waals surface area contributed by atoms with Crippen molar-refractivity contribution < 1.29 is 14.3 Å². The molecule has 1 N–H and O–H groups in total. The average Bonchev–Trinajstić information content (AvgIpc) is 3.24. The highest BCUT2D eigenvalue weighted by atomic mass is 16.5. The lowest BCUT2D eigenvalue weighted by Crippen LogP contribution is -2.50. The number of fused-ring (bicyclic) bond motifs is 1. The first-order valence-corrected chi connectivity index (χ1v) is 9.51. The van der Waals surface area contributed by atoms with Crippen molar-refractivity contribution >= 4 is 11.7 Å². The molecule has 136 valence electrons. The predicted octanol–water partition coefficient (Wildman–Crippen LogP) is 1.78. The summed E-state index contributed by atoms with van der Waals surface area (Å²) in [5.74, 6) is 0.215. The largest absolute Gasteiger partial charge is 0.377 e. The van der Waals surface area contributed by atoms with Gasteiger partial charge in [-0.25, -0.2) is 0 Å². The van der Waals surface area contributed by atoms with E-state index < -0.39 is 0 Å². The van der Waals surface area contributed by atoms with Crippen LogP contribution in [0.1, 0.15) is 57.8 Å². The maximum absolute atomic E-state index is 12.9. The number of nitrogens with one attached hydrogen (secondary N) is 1. The van der Waals surface area contributed by atoms with E-state index in [4.69, 9.17) is 4.74 Å². The zero-order valence-corrected chi connectivity index (χ0v) is 15.0. The van der Waals surface area contributed by atoms with Crippen molar-refractivity contribution in [3.05, 3.63) is 22.5 Å². The Morgan fingerprint density at radius 3 is 2.68 bits per heavy atom. The molecule has 1 unspecified atom stereocenters. The summed E-state index contributed by atoms with van der Waals surface area (Å²) in [5, 5.41) is 0. The highest BCUT2D eigenvalue weighted by molar-refractivity contribution is 6.04. The van der Waals surface area contributed by atoms with E-state index in [1.807, 2.05) is 11.8 Å². The third-order valence-corrected chi connectivity index (χ3v) is 5.80. The summed E-state index contributed by atoms with van der Waals surface area (Å²) in [7, 11) is 0. The number of ketones is 1. The Balaban J connectivity index is 1.40. The number of aromatic amines is 1. The van der Waals surface area contributed by atoms with Crippen LogP contribution in [0.5, 0.6) is 0 Å². The van der Waals surface area contributed by atoms with Crippen molar-refractivity contribution in [1.29, 1.82) is 0 Å². The second kappa shape index (κ2) is 6.92. The fraction of sp³-hybridized carbons (Fsp3) is 0.684. The summed E-state index contributed by atoms with van der Waals surface area (Å²) < 4.78 is 5.71. The van der Waals surface area contributed by atoms with E-state index in [-0.39, 0.29) is 11.7 Å². The van der Waals surface area contributed by atoms with Gasteiger partial charge in [0.1, 0.15) is 5.69 Å². The van der Waals surface area contributed by atoms with E-state index in [9.17, 15) is 9.59 Å². The van der Waals surface area contributed by atoms with Crippen LogP contribution < -0.4 is 0 Å². The van der Waals surface area contributed by atoms with Gasteiger partial charge in [0, 0.05) is 57.0 Å². The molecule has 0 saturated carbocycles. The Bertz CT molecular complexity index is 668. The molecular formula is C19H27N3O3. The average molecular weight is 345 g/mol. The van der Waals surface area contributed by atoms with Gasteiger partial charge in [0.15, 0.2) is 5.78 Å². The van der Waals surface area contributed by atoms with Gasteiger partial charge in [0.2, 0.25) is 0 Å². The molecule has 0 spiro atoms. The predicted molar refractivity (Wildman–Crippen MR) is 94.1 cm³/mol. The number of hydrogen-bond acceptors (Lipinski definition) is 4. The van der Waals surface area contributed by atoms with Gasteiger partial charge < -0.3 is 14.6 Å². The van der Waals surface area contributed by atoms with Crippen molar-refractivity contribution in [2.45, 2.75) is 45.1 Å². The SMILES string of the molecule is Cc1c(C(=O)N2CCN(CC3CCCO3)CC2)[nH]c2c1C(=O)CCC2. The summed E-state index contributed by atoms with van der Waals surface area (Å²) in [6.45, 7) is 7.03. The first-order valence-electron chi connectivity index (χ1n) is 9.51. The molecule has 2 saturated heterocycles. The van der Waals surface area contributed by atoms with E-state index in [0.717, 1.165) is 75.4 Å². The molecule has 3 heterocycles.